The highest BCUT2D eigenvalue weighted by atomic mass is 16.5. The van der Waals surface area contributed by atoms with E-state index >= 15 is 0 Å². The number of carbonyl (C=O) groups excluding carboxylic acids is 2. The van der Waals surface area contributed by atoms with E-state index in [0.717, 1.165) is 4.90 Å². The molecule has 3 heterocycles. The van der Waals surface area contributed by atoms with Gasteiger partial charge in [0.2, 0.25) is 5.88 Å². The van der Waals surface area contributed by atoms with Crippen LogP contribution in [-0.4, -0.2) is 22.5 Å². The summed E-state index contributed by atoms with van der Waals surface area (Å²) < 4.78 is 11.8. The molecule has 0 unspecified atom stereocenters. The number of benzene rings is 1. The molecule has 2 fully saturated rings. The second-order valence-electron chi connectivity index (χ2n) is 8.08. The number of imide groups is 1. The minimum Gasteiger partial charge on any atom is -0.439 e. The van der Waals surface area contributed by atoms with Gasteiger partial charge in [-0.05, 0) is 61.9 Å². The lowest BCUT2D eigenvalue weighted by molar-refractivity contribution is -0.121. The van der Waals surface area contributed by atoms with Crippen LogP contribution in [0, 0.1) is 5.92 Å². The van der Waals surface area contributed by atoms with Crippen molar-refractivity contribution in [2.24, 2.45) is 5.92 Å². The molecule has 3 amide bonds. The smallest absolute Gasteiger partial charge is 0.329 e. The lowest BCUT2D eigenvalue weighted by Crippen LogP contribution is -2.40. The maximum absolute atomic E-state index is 12.4. The Bertz CT molecular complexity index is 966. The minimum atomic E-state index is -0.920. The summed E-state index contributed by atoms with van der Waals surface area (Å²) in [7, 11) is 0. The van der Waals surface area contributed by atoms with Gasteiger partial charge in [-0.15, -0.1) is 0 Å². The van der Waals surface area contributed by atoms with Gasteiger partial charge in [-0.25, -0.2) is 14.7 Å². The van der Waals surface area contributed by atoms with E-state index < -0.39 is 11.6 Å². The van der Waals surface area contributed by atoms with Crippen molar-refractivity contribution in [3.63, 3.8) is 0 Å². The second kappa shape index (κ2) is 6.04. The van der Waals surface area contributed by atoms with Gasteiger partial charge in [-0.1, -0.05) is 6.07 Å². The molecule has 0 spiro atoms. The molecular formula is C21H21N3O4. The summed E-state index contributed by atoms with van der Waals surface area (Å²) in [4.78, 5) is 29.9. The predicted molar refractivity (Wildman–Crippen MR) is 101 cm³/mol. The van der Waals surface area contributed by atoms with Gasteiger partial charge in [0.15, 0.2) is 0 Å². The fourth-order valence-electron chi connectivity index (χ4n) is 3.76. The molecule has 2 aromatic rings. The summed E-state index contributed by atoms with van der Waals surface area (Å²) in [6.07, 6.45) is 4.09. The molecule has 5 rings (SSSR count). The van der Waals surface area contributed by atoms with Crippen molar-refractivity contribution in [2.75, 3.05) is 4.90 Å². The number of urea groups is 1. The lowest BCUT2D eigenvalue weighted by atomic mass is 10.0. The topological polar surface area (TPSA) is 80.8 Å². The van der Waals surface area contributed by atoms with Crippen LogP contribution in [0.25, 0.3) is 0 Å². The van der Waals surface area contributed by atoms with Gasteiger partial charge < -0.3 is 14.8 Å². The van der Waals surface area contributed by atoms with E-state index in [-0.39, 0.29) is 12.0 Å². The Morgan fingerprint density at radius 1 is 1.21 bits per heavy atom. The maximum atomic E-state index is 12.4. The van der Waals surface area contributed by atoms with Crippen LogP contribution in [0.3, 0.4) is 0 Å². The highest BCUT2D eigenvalue weighted by Gasteiger charge is 2.45. The average Bonchev–Trinajstić information content (AvgIpc) is 3.37. The van der Waals surface area contributed by atoms with E-state index in [0.29, 0.717) is 29.8 Å². The third-order valence-electron chi connectivity index (χ3n) is 5.45. The number of fused-ring (bicyclic) bond motifs is 1. The van der Waals surface area contributed by atoms with Gasteiger partial charge >= 0.3 is 6.03 Å². The van der Waals surface area contributed by atoms with E-state index in [1.54, 1.807) is 26.0 Å². The quantitative estimate of drug-likeness (QED) is 0.820. The molecule has 1 atom stereocenters. The van der Waals surface area contributed by atoms with Crippen molar-refractivity contribution < 1.29 is 19.1 Å². The molecule has 1 aliphatic carbocycles. The SMILES string of the molecule is CC1(C)NC(=O)N(c2ccc(Oc3ccc4c(c3)[C@@H](C3CC3)OC4)nc2)C1=O. The molecule has 1 aromatic carbocycles. The number of amides is 3. The second-order valence-corrected chi connectivity index (χ2v) is 8.08. The molecule has 1 aromatic heterocycles. The van der Waals surface area contributed by atoms with Gasteiger partial charge in [0.05, 0.1) is 24.6 Å². The third kappa shape index (κ3) is 2.82. The predicted octanol–water partition coefficient (Wildman–Crippen LogP) is 3.69. The zero-order valence-electron chi connectivity index (χ0n) is 15.8. The van der Waals surface area contributed by atoms with Gasteiger partial charge in [0.1, 0.15) is 11.3 Å². The van der Waals surface area contributed by atoms with Crippen LogP contribution in [-0.2, 0) is 16.1 Å². The van der Waals surface area contributed by atoms with Crippen LogP contribution < -0.4 is 15.0 Å². The van der Waals surface area contributed by atoms with Crippen LogP contribution in [0.15, 0.2) is 36.5 Å². The number of hydrogen-bond acceptors (Lipinski definition) is 5. The maximum Gasteiger partial charge on any atom is 0.329 e. The number of hydrogen-bond donors (Lipinski definition) is 1. The monoisotopic (exact) mass is 379 g/mol. The number of pyridine rings is 1. The summed E-state index contributed by atoms with van der Waals surface area (Å²) >= 11 is 0. The van der Waals surface area contributed by atoms with E-state index in [2.05, 4.69) is 10.3 Å². The van der Waals surface area contributed by atoms with E-state index in [1.807, 2.05) is 18.2 Å². The largest absolute Gasteiger partial charge is 0.439 e. The summed E-state index contributed by atoms with van der Waals surface area (Å²) in [6, 6.07) is 8.84. The van der Waals surface area contributed by atoms with Crippen molar-refractivity contribution in [1.29, 1.82) is 0 Å². The molecule has 7 nitrogen and oxygen atoms in total. The average molecular weight is 379 g/mol. The number of ether oxygens (including phenoxy) is 2. The summed E-state index contributed by atoms with van der Waals surface area (Å²) in [5, 5.41) is 2.65. The molecule has 1 saturated carbocycles. The Hall–Kier alpha value is -2.93. The first-order chi connectivity index (χ1) is 13.4. The minimum absolute atomic E-state index is 0.178. The van der Waals surface area contributed by atoms with E-state index in [1.165, 1.54) is 30.2 Å². The van der Waals surface area contributed by atoms with Crippen LogP contribution in [0.1, 0.15) is 43.9 Å². The molecule has 28 heavy (non-hydrogen) atoms. The third-order valence-corrected chi connectivity index (χ3v) is 5.45. The Kier molecular flexibility index (Phi) is 3.71. The van der Waals surface area contributed by atoms with E-state index in [9.17, 15) is 9.59 Å². The normalized spacial score (nSPS) is 22.9. The Morgan fingerprint density at radius 3 is 2.68 bits per heavy atom. The number of aromatic nitrogens is 1. The number of nitrogens with zero attached hydrogens (tertiary/aromatic N) is 2. The highest BCUT2D eigenvalue weighted by Crippen LogP contribution is 2.48. The number of carbonyl (C=O) groups is 2. The molecular weight excluding hydrogens is 358 g/mol. The zero-order valence-corrected chi connectivity index (χ0v) is 15.8. The van der Waals surface area contributed by atoms with Crippen LogP contribution in [0.5, 0.6) is 11.6 Å². The number of anilines is 1. The summed E-state index contributed by atoms with van der Waals surface area (Å²) in [5.41, 5.74) is 1.92. The van der Waals surface area contributed by atoms with Gasteiger partial charge in [-0.3, -0.25) is 4.79 Å². The highest BCUT2D eigenvalue weighted by molar-refractivity contribution is 6.22. The fraction of sp³-hybridized carbons (Fsp3) is 0.381. The molecule has 144 valence electrons. The van der Waals surface area contributed by atoms with Crippen LogP contribution >= 0.6 is 0 Å². The van der Waals surface area contributed by atoms with Crippen molar-refractivity contribution in [3.05, 3.63) is 47.7 Å². The molecule has 1 N–H and O–H groups in total. The summed E-state index contributed by atoms with van der Waals surface area (Å²) in [5.74, 6) is 1.42. The van der Waals surface area contributed by atoms with Crippen molar-refractivity contribution in [1.82, 2.24) is 10.3 Å². The molecule has 3 aliphatic rings. The number of nitrogens with one attached hydrogen (secondary N) is 1. The first-order valence-corrected chi connectivity index (χ1v) is 9.47. The van der Waals surface area contributed by atoms with Crippen molar-refractivity contribution in [3.8, 4) is 11.6 Å². The van der Waals surface area contributed by atoms with Crippen molar-refractivity contribution in [2.45, 2.75) is 44.9 Å². The van der Waals surface area contributed by atoms with Crippen LogP contribution in [0.4, 0.5) is 10.5 Å². The summed E-state index contributed by atoms with van der Waals surface area (Å²) in [6.45, 7) is 4.00. The Labute approximate surface area is 162 Å². The number of rotatable bonds is 4. The molecule has 2 aliphatic heterocycles. The molecule has 1 saturated heterocycles. The van der Waals surface area contributed by atoms with Gasteiger partial charge in [0, 0.05) is 6.07 Å². The van der Waals surface area contributed by atoms with E-state index in [4.69, 9.17) is 9.47 Å². The Morgan fingerprint density at radius 2 is 2.04 bits per heavy atom. The Balaban J connectivity index is 1.34. The van der Waals surface area contributed by atoms with Crippen LogP contribution in [0.2, 0.25) is 0 Å². The lowest BCUT2D eigenvalue weighted by Gasteiger charge is -2.16. The first kappa shape index (κ1) is 17.2. The standard InChI is InChI=1S/C21H21N3O4/c1-21(2)19(25)24(20(26)23-21)14-6-8-17(22-10-14)28-15-7-5-13-11-27-18(12-3-4-12)16(13)9-15/h5-10,12,18H,3-4,11H2,1-2H3,(H,23,26)/t18-/m1/s1. The molecule has 7 heteroatoms. The van der Waals surface area contributed by atoms with Gasteiger partial charge in [-0.2, -0.15) is 0 Å². The van der Waals surface area contributed by atoms with Crippen molar-refractivity contribution >= 4 is 17.6 Å². The molecule has 0 radical (unpaired) electrons. The van der Waals surface area contributed by atoms with Gasteiger partial charge in [0.25, 0.3) is 5.91 Å². The zero-order chi connectivity index (χ0) is 19.5. The first-order valence-electron chi connectivity index (χ1n) is 9.47. The molecule has 0 bridgehead atoms. The fourth-order valence-corrected chi connectivity index (χ4v) is 3.76.